The molecule has 27 heavy (non-hydrogen) atoms. The molecule has 0 aliphatic rings. The van der Waals surface area contributed by atoms with Crippen LogP contribution in [0.15, 0.2) is 34.6 Å². The average Bonchev–Trinajstić information content (AvgIpc) is 3.02. The highest BCUT2D eigenvalue weighted by Gasteiger charge is 2.09. The van der Waals surface area contributed by atoms with Gasteiger partial charge in [0.2, 0.25) is 5.91 Å². The van der Waals surface area contributed by atoms with Crippen molar-refractivity contribution in [2.75, 3.05) is 19.4 Å². The molecular formula is C19H28IN5OS. The van der Waals surface area contributed by atoms with E-state index in [2.05, 4.69) is 26.0 Å². The molecule has 0 spiro atoms. The average molecular weight is 501 g/mol. The molecule has 0 saturated carbocycles. The molecule has 0 fully saturated rings. The van der Waals surface area contributed by atoms with Gasteiger partial charge in [0, 0.05) is 38.1 Å². The van der Waals surface area contributed by atoms with Crippen LogP contribution in [-0.4, -0.2) is 35.8 Å². The quantitative estimate of drug-likeness (QED) is 0.342. The van der Waals surface area contributed by atoms with Gasteiger partial charge >= 0.3 is 0 Å². The first-order valence-corrected chi connectivity index (χ1v) is 9.61. The number of guanidine groups is 1. The number of aliphatic imine (C=N–C) groups is 1. The minimum Gasteiger partial charge on any atom is -0.352 e. The monoisotopic (exact) mass is 501 g/mol. The van der Waals surface area contributed by atoms with E-state index in [4.69, 9.17) is 0 Å². The second-order valence-corrected chi connectivity index (χ2v) is 7.17. The summed E-state index contributed by atoms with van der Waals surface area (Å²) in [5, 5.41) is 9.40. The molecule has 148 valence electrons. The largest absolute Gasteiger partial charge is 0.352 e. The van der Waals surface area contributed by atoms with Crippen molar-refractivity contribution in [1.29, 1.82) is 0 Å². The van der Waals surface area contributed by atoms with Crippen molar-refractivity contribution in [1.82, 2.24) is 15.2 Å². The molecule has 0 aliphatic heterocycles. The van der Waals surface area contributed by atoms with Crippen LogP contribution in [0.25, 0.3) is 0 Å². The number of rotatable bonds is 7. The maximum Gasteiger partial charge on any atom is 0.224 e. The molecule has 1 aromatic carbocycles. The molecule has 1 aromatic heterocycles. The number of aromatic nitrogens is 1. The van der Waals surface area contributed by atoms with E-state index >= 15 is 0 Å². The van der Waals surface area contributed by atoms with Crippen molar-refractivity contribution in [2.45, 2.75) is 39.8 Å². The molecule has 0 radical (unpaired) electrons. The van der Waals surface area contributed by atoms with E-state index in [9.17, 15) is 4.79 Å². The standard InChI is InChI=1S/C19H27N5OS.HI/c1-5-6-18(25)23-16-9-7-15(8-10-16)11-21-19(20-3)24(4)12-17-13-26-14(2)22-17;/h7-10,13H,5-6,11-12H2,1-4H3,(H,20,21)(H,23,25);1H. The maximum atomic E-state index is 11.6. The lowest BCUT2D eigenvalue weighted by Crippen LogP contribution is -2.38. The fraction of sp³-hybridized carbons (Fsp3) is 0.421. The van der Waals surface area contributed by atoms with Gasteiger partial charge in [-0.25, -0.2) is 4.98 Å². The Labute approximate surface area is 182 Å². The summed E-state index contributed by atoms with van der Waals surface area (Å²) >= 11 is 1.66. The molecule has 0 aliphatic carbocycles. The number of hydrogen-bond acceptors (Lipinski definition) is 4. The fourth-order valence-corrected chi connectivity index (χ4v) is 3.12. The van der Waals surface area contributed by atoms with Crippen molar-refractivity contribution >= 4 is 52.9 Å². The summed E-state index contributed by atoms with van der Waals surface area (Å²) in [4.78, 5) is 22.5. The predicted octanol–water partition coefficient (Wildman–Crippen LogP) is 4.02. The zero-order chi connectivity index (χ0) is 18.9. The van der Waals surface area contributed by atoms with E-state index in [0.29, 0.717) is 19.5 Å². The lowest BCUT2D eigenvalue weighted by Gasteiger charge is -2.21. The second-order valence-electron chi connectivity index (χ2n) is 6.11. The maximum absolute atomic E-state index is 11.6. The first-order valence-electron chi connectivity index (χ1n) is 8.73. The number of anilines is 1. The van der Waals surface area contributed by atoms with Crippen LogP contribution < -0.4 is 10.6 Å². The first kappa shape index (κ1) is 23.4. The molecular weight excluding hydrogens is 473 g/mol. The van der Waals surface area contributed by atoms with Gasteiger partial charge in [0.1, 0.15) is 0 Å². The van der Waals surface area contributed by atoms with E-state index in [0.717, 1.165) is 34.3 Å². The summed E-state index contributed by atoms with van der Waals surface area (Å²) < 4.78 is 0. The van der Waals surface area contributed by atoms with Crippen molar-refractivity contribution in [3.05, 3.63) is 45.9 Å². The molecule has 6 nitrogen and oxygen atoms in total. The topological polar surface area (TPSA) is 69.6 Å². The van der Waals surface area contributed by atoms with Crippen LogP contribution in [0.1, 0.15) is 36.0 Å². The SMILES string of the molecule is CCCC(=O)Nc1ccc(CNC(=NC)N(C)Cc2csc(C)n2)cc1.I. The van der Waals surface area contributed by atoms with Gasteiger partial charge in [-0.2, -0.15) is 0 Å². The number of carbonyl (C=O) groups excluding carboxylic acids is 1. The van der Waals surface area contributed by atoms with E-state index < -0.39 is 0 Å². The van der Waals surface area contributed by atoms with Crippen molar-refractivity contribution < 1.29 is 4.79 Å². The number of thiazole rings is 1. The Morgan fingerprint density at radius 3 is 2.56 bits per heavy atom. The van der Waals surface area contributed by atoms with E-state index in [-0.39, 0.29) is 29.9 Å². The van der Waals surface area contributed by atoms with Crippen LogP contribution >= 0.6 is 35.3 Å². The molecule has 0 atom stereocenters. The van der Waals surface area contributed by atoms with Gasteiger partial charge in [-0.3, -0.25) is 9.79 Å². The van der Waals surface area contributed by atoms with Crippen molar-refractivity contribution in [3.63, 3.8) is 0 Å². The zero-order valence-electron chi connectivity index (χ0n) is 16.3. The van der Waals surface area contributed by atoms with E-state index in [1.165, 1.54) is 0 Å². The Bertz CT molecular complexity index is 745. The highest BCUT2D eigenvalue weighted by atomic mass is 127. The number of hydrogen-bond donors (Lipinski definition) is 2. The number of nitrogens with one attached hydrogen (secondary N) is 2. The fourth-order valence-electron chi connectivity index (χ4n) is 2.52. The number of nitrogens with zero attached hydrogens (tertiary/aromatic N) is 3. The predicted molar refractivity (Wildman–Crippen MR) is 124 cm³/mol. The molecule has 0 unspecified atom stereocenters. The zero-order valence-corrected chi connectivity index (χ0v) is 19.4. The number of amides is 1. The van der Waals surface area contributed by atoms with Crippen molar-refractivity contribution in [3.8, 4) is 0 Å². The number of aryl methyl sites for hydroxylation is 1. The summed E-state index contributed by atoms with van der Waals surface area (Å²) in [6, 6.07) is 7.86. The number of benzene rings is 1. The highest BCUT2D eigenvalue weighted by molar-refractivity contribution is 14.0. The van der Waals surface area contributed by atoms with Gasteiger partial charge < -0.3 is 15.5 Å². The summed E-state index contributed by atoms with van der Waals surface area (Å²) in [5.41, 5.74) is 3.00. The van der Waals surface area contributed by atoms with Crippen LogP contribution in [0.2, 0.25) is 0 Å². The Morgan fingerprint density at radius 1 is 1.30 bits per heavy atom. The smallest absolute Gasteiger partial charge is 0.224 e. The van der Waals surface area contributed by atoms with Gasteiger partial charge in [-0.1, -0.05) is 19.1 Å². The summed E-state index contributed by atoms with van der Waals surface area (Å²) in [5.74, 6) is 0.869. The van der Waals surface area contributed by atoms with Crippen LogP contribution in [0.4, 0.5) is 5.69 Å². The highest BCUT2D eigenvalue weighted by Crippen LogP contribution is 2.11. The van der Waals surface area contributed by atoms with E-state index in [1.54, 1.807) is 18.4 Å². The number of carbonyl (C=O) groups is 1. The lowest BCUT2D eigenvalue weighted by molar-refractivity contribution is -0.116. The number of halogens is 1. The molecule has 1 amide bonds. The summed E-state index contributed by atoms with van der Waals surface area (Å²) in [7, 11) is 3.77. The minimum atomic E-state index is 0. The second kappa shape index (κ2) is 11.9. The Hall–Kier alpha value is -1.68. The lowest BCUT2D eigenvalue weighted by atomic mass is 10.2. The molecule has 1 heterocycles. The van der Waals surface area contributed by atoms with Crippen LogP contribution in [0.5, 0.6) is 0 Å². The molecule has 2 rings (SSSR count). The summed E-state index contributed by atoms with van der Waals surface area (Å²) in [6.07, 6.45) is 1.39. The van der Waals surface area contributed by atoms with Crippen LogP contribution in [0, 0.1) is 6.92 Å². The molecule has 8 heteroatoms. The molecule has 0 saturated heterocycles. The van der Waals surface area contributed by atoms with Crippen molar-refractivity contribution in [2.24, 2.45) is 4.99 Å². The van der Waals surface area contributed by atoms with Gasteiger partial charge in [0.25, 0.3) is 0 Å². The van der Waals surface area contributed by atoms with Gasteiger partial charge in [-0.05, 0) is 31.0 Å². The van der Waals surface area contributed by atoms with Gasteiger partial charge in [-0.15, -0.1) is 35.3 Å². The minimum absolute atomic E-state index is 0. The van der Waals surface area contributed by atoms with Gasteiger partial charge in [0.15, 0.2) is 5.96 Å². The first-order chi connectivity index (χ1) is 12.5. The Morgan fingerprint density at radius 2 is 2.00 bits per heavy atom. The molecule has 0 bridgehead atoms. The third kappa shape index (κ3) is 7.84. The normalized spacial score (nSPS) is 10.9. The summed E-state index contributed by atoms with van der Waals surface area (Å²) in [6.45, 7) is 5.38. The van der Waals surface area contributed by atoms with Crippen LogP contribution in [-0.2, 0) is 17.9 Å². The third-order valence-electron chi connectivity index (χ3n) is 3.80. The van der Waals surface area contributed by atoms with E-state index in [1.807, 2.05) is 50.1 Å². The van der Waals surface area contributed by atoms with Gasteiger partial charge in [0.05, 0.1) is 17.2 Å². The van der Waals surface area contributed by atoms with Crippen LogP contribution in [0.3, 0.4) is 0 Å². The third-order valence-corrected chi connectivity index (χ3v) is 4.63. The Balaban J connectivity index is 0.00000364. The molecule has 2 N–H and O–H groups in total. The Kier molecular flexibility index (Phi) is 10.3. The molecule has 2 aromatic rings.